The van der Waals surface area contributed by atoms with Crippen LogP contribution in [-0.2, 0) is 27.5 Å². The molecule has 1 amide bonds. The maximum atomic E-state index is 12.5. The van der Waals surface area contributed by atoms with Gasteiger partial charge in [-0.15, -0.1) is 11.3 Å². The van der Waals surface area contributed by atoms with Gasteiger partial charge in [0.2, 0.25) is 5.91 Å². The number of piperidine rings is 1. The minimum absolute atomic E-state index is 0.279. The van der Waals surface area contributed by atoms with Crippen LogP contribution in [0.15, 0.2) is 29.8 Å². The molecule has 2 aliphatic heterocycles. The van der Waals surface area contributed by atoms with E-state index in [0.717, 1.165) is 42.3 Å². The Morgan fingerprint density at radius 2 is 1.61 bits per heavy atom. The van der Waals surface area contributed by atoms with Gasteiger partial charge in [-0.05, 0) is 31.9 Å². The van der Waals surface area contributed by atoms with Crippen molar-refractivity contribution in [1.82, 2.24) is 19.8 Å². The number of pyridine rings is 1. The lowest BCUT2D eigenvalue weighted by Gasteiger charge is -2.39. The molecule has 0 aliphatic carbocycles. The lowest BCUT2D eigenvalue weighted by molar-refractivity contribution is -0.193. The highest BCUT2D eigenvalue weighted by Crippen LogP contribution is 2.33. The first kappa shape index (κ1) is 31.0. The number of aromatic nitrogens is 2. The third kappa shape index (κ3) is 9.24. The highest BCUT2D eigenvalue weighted by atomic mass is 32.1. The number of carbonyl (C=O) groups excluding carboxylic acids is 1. The molecule has 0 radical (unpaired) electrons. The van der Waals surface area contributed by atoms with Gasteiger partial charge in [-0.3, -0.25) is 14.7 Å². The lowest BCUT2D eigenvalue weighted by Crippen LogP contribution is -2.51. The Labute approximate surface area is 216 Å². The number of hydrogen-bond donors (Lipinski definition) is 2. The molecule has 9 nitrogen and oxygen atoms in total. The van der Waals surface area contributed by atoms with Crippen molar-refractivity contribution in [1.29, 1.82) is 0 Å². The van der Waals surface area contributed by atoms with Crippen molar-refractivity contribution < 1.29 is 50.9 Å². The number of halogens is 6. The Kier molecular flexibility index (Phi) is 10.6. The van der Waals surface area contributed by atoms with E-state index in [1.165, 1.54) is 0 Å². The normalized spacial score (nSPS) is 19.6. The first-order valence-corrected chi connectivity index (χ1v) is 11.9. The number of nitrogens with zero attached hydrogens (tertiary/aromatic N) is 4. The second kappa shape index (κ2) is 13.0. The molecule has 210 valence electrons. The van der Waals surface area contributed by atoms with E-state index in [9.17, 15) is 31.1 Å². The van der Waals surface area contributed by atoms with Crippen molar-refractivity contribution in [2.45, 2.75) is 63.7 Å². The third-order valence-corrected chi connectivity index (χ3v) is 6.40. The molecule has 38 heavy (non-hydrogen) atoms. The Balaban J connectivity index is 0.000000301. The van der Waals surface area contributed by atoms with Gasteiger partial charge in [0.1, 0.15) is 0 Å². The molecule has 4 heterocycles. The van der Waals surface area contributed by atoms with E-state index in [-0.39, 0.29) is 5.91 Å². The van der Waals surface area contributed by atoms with Crippen molar-refractivity contribution in [3.8, 4) is 0 Å². The van der Waals surface area contributed by atoms with Gasteiger partial charge in [-0.2, -0.15) is 26.3 Å². The lowest BCUT2D eigenvalue weighted by atomic mass is 9.96. The smallest absolute Gasteiger partial charge is 0.475 e. The van der Waals surface area contributed by atoms with Crippen LogP contribution in [0.25, 0.3) is 0 Å². The van der Waals surface area contributed by atoms with Gasteiger partial charge < -0.3 is 15.1 Å². The molecule has 2 aromatic heterocycles. The number of thiazole rings is 1. The van der Waals surface area contributed by atoms with Crippen LogP contribution >= 0.6 is 11.3 Å². The second-order valence-corrected chi connectivity index (χ2v) is 9.30. The number of aryl methyl sites for hydroxylation is 1. The number of fused-ring (bicyclic) bond motifs is 1. The number of amides is 1. The Morgan fingerprint density at radius 3 is 2.08 bits per heavy atom. The summed E-state index contributed by atoms with van der Waals surface area (Å²) >= 11 is 1.65. The van der Waals surface area contributed by atoms with Crippen LogP contribution in [0, 0.1) is 6.92 Å². The Bertz CT molecular complexity index is 1070. The van der Waals surface area contributed by atoms with Gasteiger partial charge in [-0.25, -0.2) is 14.6 Å². The van der Waals surface area contributed by atoms with Crippen molar-refractivity contribution in [3.63, 3.8) is 0 Å². The number of rotatable bonds is 4. The number of carbonyl (C=O) groups is 3. The fourth-order valence-corrected chi connectivity index (χ4v) is 4.60. The van der Waals surface area contributed by atoms with Gasteiger partial charge in [0, 0.05) is 43.2 Å². The van der Waals surface area contributed by atoms with E-state index in [1.807, 2.05) is 25.3 Å². The van der Waals surface area contributed by atoms with Crippen molar-refractivity contribution in [3.05, 3.63) is 46.2 Å². The topological polar surface area (TPSA) is 124 Å². The summed E-state index contributed by atoms with van der Waals surface area (Å²) in [6.45, 7) is 4.58. The Morgan fingerprint density at radius 1 is 1.00 bits per heavy atom. The third-order valence-electron chi connectivity index (χ3n) is 5.58. The molecule has 0 saturated carbocycles. The van der Waals surface area contributed by atoms with E-state index >= 15 is 0 Å². The predicted octanol–water partition coefficient (Wildman–Crippen LogP) is 3.88. The van der Waals surface area contributed by atoms with E-state index in [0.29, 0.717) is 25.0 Å². The van der Waals surface area contributed by atoms with Gasteiger partial charge >= 0.3 is 24.3 Å². The molecule has 4 rings (SSSR count). The summed E-state index contributed by atoms with van der Waals surface area (Å²) in [5.74, 6) is -5.23. The van der Waals surface area contributed by atoms with Crippen molar-refractivity contribution in [2.75, 3.05) is 6.54 Å². The molecule has 0 unspecified atom stereocenters. The summed E-state index contributed by atoms with van der Waals surface area (Å²) in [6.07, 6.45) is -5.66. The van der Waals surface area contributed by atoms with Gasteiger partial charge in [0.15, 0.2) is 0 Å². The number of carboxylic acids is 2. The molecule has 0 aromatic carbocycles. The summed E-state index contributed by atoms with van der Waals surface area (Å²) in [6, 6.07) is 6.84. The molecule has 2 aromatic rings. The summed E-state index contributed by atoms with van der Waals surface area (Å²) in [7, 11) is 0. The fraction of sp³-hybridized carbons (Fsp3) is 0.500. The average molecular weight is 571 g/mol. The highest BCUT2D eigenvalue weighted by molar-refractivity contribution is 7.09. The van der Waals surface area contributed by atoms with Crippen LogP contribution in [-0.4, -0.2) is 78.8 Å². The number of carboxylic acid groups (broad SMARTS) is 2. The molecule has 0 spiro atoms. The van der Waals surface area contributed by atoms with Crippen molar-refractivity contribution >= 4 is 29.2 Å². The molecule has 2 atom stereocenters. The molecule has 2 saturated heterocycles. The predicted molar refractivity (Wildman–Crippen MR) is 121 cm³/mol. The van der Waals surface area contributed by atoms with Gasteiger partial charge in [0.25, 0.3) is 0 Å². The van der Waals surface area contributed by atoms with Crippen LogP contribution in [0.1, 0.15) is 35.7 Å². The number of alkyl halides is 6. The van der Waals surface area contributed by atoms with Crippen LogP contribution in [0.3, 0.4) is 0 Å². The van der Waals surface area contributed by atoms with Gasteiger partial charge in [0.05, 0.1) is 22.9 Å². The largest absolute Gasteiger partial charge is 0.490 e. The SMILES string of the molecule is Cc1nc(CN2C(=O)CC[C@@H]3[C@H]2CCN3Cc2ccccn2)cs1.O=C(O)C(F)(F)F.O=C(O)C(F)(F)F. The molecular formula is C22H24F6N4O5S. The molecule has 0 bridgehead atoms. The van der Waals surface area contributed by atoms with E-state index in [4.69, 9.17) is 19.8 Å². The van der Waals surface area contributed by atoms with Crippen LogP contribution in [0.5, 0.6) is 0 Å². The van der Waals surface area contributed by atoms with Crippen LogP contribution < -0.4 is 0 Å². The monoisotopic (exact) mass is 570 g/mol. The zero-order valence-corrected chi connectivity index (χ0v) is 20.7. The maximum Gasteiger partial charge on any atom is 0.490 e. The summed E-state index contributed by atoms with van der Waals surface area (Å²) in [5, 5.41) is 17.4. The highest BCUT2D eigenvalue weighted by Gasteiger charge is 2.43. The Hall–Kier alpha value is -3.27. The zero-order chi connectivity index (χ0) is 28.7. The second-order valence-electron chi connectivity index (χ2n) is 8.24. The number of aliphatic carboxylic acids is 2. The first-order chi connectivity index (χ1) is 17.6. The average Bonchev–Trinajstić information content (AvgIpc) is 3.42. The molecular weight excluding hydrogens is 546 g/mol. The van der Waals surface area contributed by atoms with Gasteiger partial charge in [-0.1, -0.05) is 6.07 Å². The molecule has 16 heteroatoms. The maximum absolute atomic E-state index is 12.5. The minimum Gasteiger partial charge on any atom is -0.475 e. The minimum atomic E-state index is -5.08. The van der Waals surface area contributed by atoms with E-state index in [1.54, 1.807) is 11.3 Å². The summed E-state index contributed by atoms with van der Waals surface area (Å²) < 4.78 is 63.5. The first-order valence-electron chi connectivity index (χ1n) is 11.0. The fourth-order valence-electron chi connectivity index (χ4n) is 3.99. The number of likely N-dealkylation sites (tertiary alicyclic amines) is 2. The van der Waals surface area contributed by atoms with Crippen LogP contribution in [0.2, 0.25) is 0 Å². The van der Waals surface area contributed by atoms with E-state index in [2.05, 4.69) is 31.2 Å². The summed E-state index contributed by atoms with van der Waals surface area (Å²) in [4.78, 5) is 43.8. The standard InChI is InChI=1S/C18H22N4OS.2C2HF3O2/c1-13-20-15(12-24-13)11-22-17-7-9-21(16(17)5-6-18(22)23)10-14-4-2-3-8-19-14;2*3-2(4,5)1(6)7/h2-4,8,12,16-17H,5-7,9-11H2,1H3;2*(H,6,7)/t16-,17-;;/m1../s1. The van der Waals surface area contributed by atoms with E-state index < -0.39 is 24.3 Å². The molecule has 2 aliphatic rings. The zero-order valence-electron chi connectivity index (χ0n) is 19.9. The quantitative estimate of drug-likeness (QED) is 0.531. The summed E-state index contributed by atoms with van der Waals surface area (Å²) in [5.41, 5.74) is 2.13. The van der Waals surface area contributed by atoms with Crippen molar-refractivity contribution in [2.24, 2.45) is 0 Å². The molecule has 2 fully saturated rings. The molecule has 2 N–H and O–H groups in total. The number of hydrogen-bond acceptors (Lipinski definition) is 7. The van der Waals surface area contributed by atoms with Crippen LogP contribution in [0.4, 0.5) is 26.3 Å².